The Morgan fingerprint density at radius 1 is 0.479 bits per heavy atom. The lowest BCUT2D eigenvalue weighted by Gasteiger charge is -2.38. The summed E-state index contributed by atoms with van der Waals surface area (Å²) < 4.78 is 134. The van der Waals surface area contributed by atoms with Gasteiger partial charge in [-0.2, -0.15) is 21.8 Å². The van der Waals surface area contributed by atoms with E-state index in [0.717, 1.165) is 89.9 Å². The summed E-state index contributed by atoms with van der Waals surface area (Å²) in [5.41, 5.74) is 11.6. The maximum atomic E-state index is 13.4. The molecule has 4 saturated heterocycles. The Labute approximate surface area is 852 Å². The topological polar surface area (TPSA) is 472 Å². The maximum absolute atomic E-state index is 13.4. The normalized spacial score (nSPS) is 17.3. The number of pyridine rings is 8. The molecule has 8 aromatic heterocycles. The van der Waals surface area contributed by atoms with Crippen LogP contribution < -0.4 is 74.3 Å². The van der Waals surface area contributed by atoms with Crippen molar-refractivity contribution < 1.29 is 71.8 Å². The highest BCUT2D eigenvalue weighted by Gasteiger charge is 2.44. The summed E-state index contributed by atoms with van der Waals surface area (Å²) in [6.07, 6.45) is 14.4. The summed E-state index contributed by atoms with van der Waals surface area (Å²) in [5, 5.41) is -0.673. The molecule has 0 radical (unpaired) electrons. The van der Waals surface area contributed by atoms with Crippen molar-refractivity contribution >= 4 is 92.8 Å². The number of methoxy groups -OCH3 is 2. The quantitative estimate of drug-likeness (QED) is 0.0248. The summed E-state index contributed by atoms with van der Waals surface area (Å²) >= 11 is 0. The average molecular weight is 2060 g/mol. The fraction of sp³-hybridized carbons (Fsp3) is 0.346. The third-order valence-electron chi connectivity index (χ3n) is 25.4. The third kappa shape index (κ3) is 25.7. The molecule has 35 nitrogen and oxygen atoms in total. The minimum atomic E-state index is -4.41. The second-order valence-electron chi connectivity index (χ2n) is 39.5. The van der Waals surface area contributed by atoms with E-state index in [4.69, 9.17) is 46.1 Å². The molecule has 0 aliphatic carbocycles. The van der Waals surface area contributed by atoms with Crippen LogP contribution in [0.15, 0.2) is 236 Å². The van der Waals surface area contributed by atoms with Gasteiger partial charge in [0.1, 0.15) is 52.1 Å². The van der Waals surface area contributed by atoms with Crippen molar-refractivity contribution in [2.24, 2.45) is 29.6 Å². The zero-order valence-electron chi connectivity index (χ0n) is 84.8. The monoisotopic (exact) mass is 2060 g/mol. The first-order chi connectivity index (χ1) is 68.9. The number of carbonyl (C=O) groups is 4. The largest absolute Gasteiger partial charge is 0.496 e. The average Bonchev–Trinajstić information content (AvgIpc) is 1.55. The first-order valence-electron chi connectivity index (χ1n) is 47.6. The molecule has 0 saturated carbocycles. The zero-order chi connectivity index (χ0) is 106. The SMILES string of the molecule is C#Cc1cccc(Oc2cccc(S(=O)(=O)NC(=O)c3cccnc3N3CC(C)CC3(C)C)n2)c1.COc1c(C)cccc1-c1ccc(C(=O)NS(=O)(=O)c2ccc[nH]c2=O)c(N2C[C@@H](C)CC2(C)C)n1.COc1cc(-c2ccc(C(=O)NS(=O)(=O)c3ccc[nH]c3=O)c(N3C[C@@H](C)CC3(C)C)n2)ccc1C.Cc1cc(OCC(C)C)cc(-c2ccc(C(=O)NS(=O)(=O)c3cccc(N)n3)c(N3CC(C)CCC3C)n2)c1. The van der Waals surface area contributed by atoms with Crippen LogP contribution in [0.2, 0.25) is 0 Å². The molecule has 768 valence electrons. The van der Waals surface area contributed by atoms with Gasteiger partial charge in [-0.3, -0.25) is 28.8 Å². The van der Waals surface area contributed by atoms with Crippen LogP contribution in [0, 0.1) is 62.7 Å². The number of anilines is 5. The number of benzene rings is 4. The Morgan fingerprint density at radius 2 is 0.973 bits per heavy atom. The van der Waals surface area contributed by atoms with Crippen molar-refractivity contribution in [3.63, 3.8) is 0 Å². The van der Waals surface area contributed by atoms with E-state index >= 15 is 0 Å². The van der Waals surface area contributed by atoms with Crippen molar-refractivity contribution in [1.82, 2.24) is 58.8 Å². The van der Waals surface area contributed by atoms with Gasteiger partial charge in [-0.15, -0.1) is 6.42 Å². The molecule has 12 aromatic rings. The number of aryl methyl sites for hydroxylation is 3. The molecule has 39 heteroatoms. The van der Waals surface area contributed by atoms with Gasteiger partial charge in [-0.1, -0.05) is 89.9 Å². The number of nitrogens with one attached hydrogen (secondary N) is 6. The molecule has 4 aromatic carbocycles. The number of hydrogen-bond acceptors (Lipinski definition) is 29. The molecule has 4 fully saturated rings. The van der Waals surface area contributed by atoms with Crippen LogP contribution in [0.5, 0.6) is 28.9 Å². The lowest BCUT2D eigenvalue weighted by Crippen LogP contribution is -2.43. The van der Waals surface area contributed by atoms with E-state index in [1.165, 1.54) is 60.9 Å². The lowest BCUT2D eigenvalue weighted by atomic mass is 9.94. The van der Waals surface area contributed by atoms with E-state index in [1.54, 1.807) is 93.2 Å². The molecule has 8 N–H and O–H groups in total. The molecular weight excluding hydrogens is 1940 g/mol. The Hall–Kier alpha value is -14.9. The maximum Gasteiger partial charge on any atom is 0.281 e. The van der Waals surface area contributed by atoms with Gasteiger partial charge < -0.3 is 54.2 Å². The Bertz CT molecular complexity index is 7600. The van der Waals surface area contributed by atoms with Crippen molar-refractivity contribution in [3.05, 3.63) is 272 Å². The van der Waals surface area contributed by atoms with Gasteiger partial charge in [-0.05, 0) is 287 Å². The molecule has 5 atom stereocenters. The summed E-state index contributed by atoms with van der Waals surface area (Å²) in [6, 6.07) is 50.9. The number of aromatic nitrogens is 8. The second kappa shape index (κ2) is 44.8. The number of hydrogen-bond donors (Lipinski definition) is 7. The van der Waals surface area contributed by atoms with Crippen molar-refractivity contribution in [3.8, 4) is 75.0 Å². The number of rotatable bonds is 26. The number of para-hydroxylation sites is 1. The Morgan fingerprint density at radius 3 is 1.49 bits per heavy atom. The fourth-order valence-corrected chi connectivity index (χ4v) is 22.6. The minimum absolute atomic E-state index is 0.0445. The number of ether oxygens (including phenoxy) is 4. The van der Waals surface area contributed by atoms with Crippen LogP contribution in [-0.4, -0.2) is 167 Å². The standard InChI is InChI=1S/C29H37N5O4S.2C26H30N4O5S.C26H26N4O4S/c1-18(2)17-38-23-14-20(4)13-22(15-23)25-12-11-24(28(31-25)34-16-19(3)9-10-21(34)5)29(35)33-39(36,37)27-8-6-7-26(30)32-27;1-16-14-26(3,4)30(15-16)23-19(24(31)29-36(33,34)21-10-7-13-27-25(21)32)11-12-20(28-23)18-9-6-8-17(2)22(18)35-5;1-16-14-26(3,4)30(15-16)23-19(24(31)29-36(33,34)22-7-6-12-27-25(22)32)10-11-20(28-23)18-9-8-17(2)21(13-18)35-5;1-5-19-9-6-10-20(15-19)34-22-12-7-13-23(28-22)35(32,33)29-25(31)21-11-8-14-27-24(21)30-17-18(2)16-26(30,3)4/h6-8,11-15,18-19,21H,9-10,16-17H2,1-5H3,(H2,30,32)(H,33,35);2*6-13,16H,14-15H2,1-5H3,(H,27,32)(H,29,31);1,6-15,18H,16-17H2,2-4H3,(H,29,31)/t;2*16-;/m.00./s1. The number of terminal acetylenes is 1. The van der Waals surface area contributed by atoms with E-state index in [9.17, 15) is 62.4 Å². The summed E-state index contributed by atoms with van der Waals surface area (Å²) in [5.74, 6) is 5.45. The molecule has 4 aliphatic rings. The highest BCUT2D eigenvalue weighted by molar-refractivity contribution is 7.91. The molecular formula is C107H123N17O18S4. The van der Waals surface area contributed by atoms with Gasteiger partial charge in [0, 0.05) is 95.7 Å². The molecule has 4 aliphatic heterocycles. The molecule has 0 spiro atoms. The van der Waals surface area contributed by atoms with Crippen LogP contribution in [0.3, 0.4) is 0 Å². The molecule has 12 heterocycles. The number of piperidine rings is 1. The van der Waals surface area contributed by atoms with Gasteiger partial charge in [0.25, 0.3) is 74.8 Å². The predicted octanol–water partition coefficient (Wildman–Crippen LogP) is 15.8. The summed E-state index contributed by atoms with van der Waals surface area (Å²) in [4.78, 5) is 116. The van der Waals surface area contributed by atoms with Gasteiger partial charge in [-0.25, -0.2) is 60.6 Å². The van der Waals surface area contributed by atoms with Crippen LogP contribution in [-0.2, 0) is 40.1 Å². The van der Waals surface area contributed by atoms with Crippen molar-refractivity contribution in [2.45, 2.75) is 185 Å². The van der Waals surface area contributed by atoms with Gasteiger partial charge in [0.15, 0.2) is 19.8 Å². The number of sulfonamides is 4. The predicted molar refractivity (Wildman–Crippen MR) is 562 cm³/mol. The summed E-state index contributed by atoms with van der Waals surface area (Å²) in [7, 11) is -14.1. The van der Waals surface area contributed by atoms with E-state index in [0.29, 0.717) is 119 Å². The second-order valence-corrected chi connectivity index (χ2v) is 46.1. The highest BCUT2D eigenvalue weighted by Crippen LogP contribution is 2.44. The smallest absolute Gasteiger partial charge is 0.281 e. The van der Waals surface area contributed by atoms with Crippen LogP contribution >= 0.6 is 0 Å². The van der Waals surface area contributed by atoms with E-state index < -0.39 is 84.6 Å². The zero-order valence-corrected chi connectivity index (χ0v) is 88.0. The number of H-pyrrole nitrogens is 2. The molecule has 4 amide bonds. The Balaban J connectivity index is 0.000000163. The van der Waals surface area contributed by atoms with Gasteiger partial charge in [0.05, 0.1) is 60.2 Å². The molecule has 16 rings (SSSR count). The van der Waals surface area contributed by atoms with Crippen molar-refractivity contribution in [1.29, 1.82) is 0 Å². The number of carbonyl (C=O) groups excluding carboxylic acids is 4. The first-order valence-corrected chi connectivity index (χ1v) is 53.5. The number of nitrogen functional groups attached to an aromatic ring is 1. The molecule has 3 unspecified atom stereocenters. The third-order valence-corrected chi connectivity index (χ3v) is 30.5. The van der Waals surface area contributed by atoms with Gasteiger partial charge >= 0.3 is 0 Å². The van der Waals surface area contributed by atoms with Crippen LogP contribution in [0.25, 0.3) is 33.8 Å². The van der Waals surface area contributed by atoms with Crippen molar-refractivity contribution in [2.75, 3.05) is 72.3 Å². The fourth-order valence-electron chi connectivity index (χ4n) is 18.7. The Kier molecular flexibility index (Phi) is 33.2. The number of aromatic amines is 2. The lowest BCUT2D eigenvalue weighted by molar-refractivity contribution is 0.0972. The van der Waals surface area contributed by atoms with E-state index in [-0.39, 0.29) is 66.7 Å². The molecule has 146 heavy (non-hydrogen) atoms. The van der Waals surface area contributed by atoms with Crippen LogP contribution in [0.4, 0.5) is 29.1 Å². The summed E-state index contributed by atoms with van der Waals surface area (Å²) in [6.45, 7) is 36.5. The first kappa shape index (κ1) is 108. The minimum Gasteiger partial charge on any atom is -0.496 e. The van der Waals surface area contributed by atoms with E-state index in [2.05, 4.69) is 140 Å². The highest BCUT2D eigenvalue weighted by atomic mass is 32.2. The molecule has 0 bridgehead atoms. The van der Waals surface area contributed by atoms with E-state index in [1.807, 2.05) is 94.6 Å². The number of amides is 4. The number of nitrogens with zero attached hydrogens (tertiary/aromatic N) is 10. The van der Waals surface area contributed by atoms with Gasteiger partial charge in [0.2, 0.25) is 5.88 Å². The number of nitrogens with two attached hydrogens (primary N) is 1. The van der Waals surface area contributed by atoms with Crippen LogP contribution in [0.1, 0.15) is 186 Å².